The fourth-order valence-corrected chi connectivity index (χ4v) is 10.2. The van der Waals surface area contributed by atoms with Crippen molar-refractivity contribution in [1.29, 1.82) is 0 Å². The number of carbonyl (C=O) groups is 10. The van der Waals surface area contributed by atoms with Crippen molar-refractivity contribution in [1.82, 2.24) is 41.9 Å². The van der Waals surface area contributed by atoms with Crippen LogP contribution in [0.2, 0.25) is 20.1 Å². The third-order valence-electron chi connectivity index (χ3n) is 13.9. The first-order valence-corrected chi connectivity index (χ1v) is 34.0. The maximum Gasteiger partial charge on any atom is 0.416 e. The molecule has 0 spiro atoms. The van der Waals surface area contributed by atoms with Gasteiger partial charge in [-0.1, -0.05) is 58.5 Å². The highest BCUT2D eigenvalue weighted by molar-refractivity contribution is 6.35. The first-order chi connectivity index (χ1) is 47.5. The van der Waals surface area contributed by atoms with Crippen LogP contribution in [0.5, 0.6) is 0 Å². The van der Waals surface area contributed by atoms with E-state index in [0.29, 0.717) is 48.4 Å². The van der Waals surface area contributed by atoms with Gasteiger partial charge >= 0.3 is 24.1 Å². The number of anilines is 2. The zero-order chi connectivity index (χ0) is 73.6. The number of hydrogen-bond acceptors (Lipinski definition) is 20. The van der Waals surface area contributed by atoms with Gasteiger partial charge in [-0.3, -0.25) is 48.2 Å². The number of amides is 8. The molecule has 0 bridgehead atoms. The van der Waals surface area contributed by atoms with Crippen LogP contribution in [0.15, 0.2) is 85.2 Å². The van der Waals surface area contributed by atoms with Gasteiger partial charge in [-0.15, -0.1) is 0 Å². The van der Waals surface area contributed by atoms with Gasteiger partial charge in [-0.2, -0.15) is 0 Å². The number of carbonyl (C=O) groups excluding carboxylic acids is 10. The van der Waals surface area contributed by atoms with Crippen LogP contribution in [-0.2, 0) is 76.3 Å². The summed E-state index contributed by atoms with van der Waals surface area (Å²) in [6, 6.07) is 14.9. The van der Waals surface area contributed by atoms with E-state index in [-0.39, 0.29) is 138 Å². The molecule has 2 aromatic heterocycles. The molecule has 2 aromatic carbocycles. The first-order valence-electron chi connectivity index (χ1n) is 32.5. The third kappa shape index (κ3) is 34.9. The molecule has 550 valence electrons. The number of benzene rings is 2. The summed E-state index contributed by atoms with van der Waals surface area (Å²) in [4.78, 5) is 142. The number of ether oxygens (including phenoxy) is 8. The standard InChI is InChI=1S/C68H92Cl4N10O18/c1-67(2,3)99-65(91)81(55-17-9-13-23-73-55)27-15-11-19-59(85)77-53(63(89)79-51(41-61(87)93-7)45-35-47(69)39-48(70)36-45)43-97-33-31-95-29-25-75-57(83)21-22-58(84)76-26-30-96-32-34-98-44-54(64(90)80-52(42-62(88)94-8)46-37-49(71)40-50(72)38-46)78-60(86)20-12-16-28-82(56-18-10-14-24-74-56)66(92)100-68(4,5)6/h9-10,13-14,17-18,23-24,35-40,51-54H,11-12,15-16,19-22,25-34,41-44H2,1-8H3,(H,75,83)(H,76,84)(H,77,85)(H,78,86)(H,79,89)(H,80,90). The minimum absolute atomic E-state index is 0.0271. The zero-order valence-electron chi connectivity index (χ0n) is 57.6. The highest BCUT2D eigenvalue weighted by atomic mass is 35.5. The van der Waals surface area contributed by atoms with E-state index in [1.165, 1.54) is 60.4 Å². The maximum atomic E-state index is 13.9. The molecular weight excluding hydrogens is 1390 g/mol. The van der Waals surface area contributed by atoms with Crippen LogP contribution >= 0.6 is 46.4 Å². The van der Waals surface area contributed by atoms with Gasteiger partial charge in [-0.25, -0.2) is 19.6 Å². The molecule has 0 aliphatic heterocycles. The van der Waals surface area contributed by atoms with Crippen molar-refractivity contribution in [3.63, 3.8) is 0 Å². The summed E-state index contributed by atoms with van der Waals surface area (Å²) in [5, 5.41) is 17.3. The summed E-state index contributed by atoms with van der Waals surface area (Å²) in [5.74, 6) is -3.75. The lowest BCUT2D eigenvalue weighted by atomic mass is 10.0. The summed E-state index contributed by atoms with van der Waals surface area (Å²) in [6.07, 6.45) is 2.34. The van der Waals surface area contributed by atoms with Gasteiger partial charge in [0.25, 0.3) is 0 Å². The van der Waals surface area contributed by atoms with Crippen LogP contribution in [0.3, 0.4) is 0 Å². The van der Waals surface area contributed by atoms with E-state index in [9.17, 15) is 47.9 Å². The smallest absolute Gasteiger partial charge is 0.416 e. The Kier molecular flexibility index (Phi) is 38.0. The molecule has 0 aliphatic rings. The van der Waals surface area contributed by atoms with Gasteiger partial charge in [0, 0.05) is 84.3 Å². The second-order valence-electron chi connectivity index (χ2n) is 24.5. The molecule has 8 amide bonds. The molecule has 100 heavy (non-hydrogen) atoms. The first kappa shape index (κ1) is 84.5. The molecule has 4 unspecified atom stereocenters. The van der Waals surface area contributed by atoms with Gasteiger partial charge in [0.05, 0.1) is 92.0 Å². The molecule has 0 aliphatic carbocycles. The van der Waals surface area contributed by atoms with Crippen LogP contribution in [0.4, 0.5) is 21.2 Å². The molecule has 28 nitrogen and oxygen atoms in total. The lowest BCUT2D eigenvalue weighted by Gasteiger charge is -2.27. The van der Waals surface area contributed by atoms with Gasteiger partial charge in [0.1, 0.15) is 34.9 Å². The van der Waals surface area contributed by atoms with Crippen molar-refractivity contribution < 1.29 is 85.8 Å². The van der Waals surface area contributed by atoms with E-state index in [1.807, 2.05) is 0 Å². The van der Waals surface area contributed by atoms with Crippen molar-refractivity contribution in [2.75, 3.05) is 103 Å². The Morgan fingerprint density at radius 2 is 0.810 bits per heavy atom. The van der Waals surface area contributed by atoms with Crippen molar-refractivity contribution in [2.45, 2.75) is 141 Å². The van der Waals surface area contributed by atoms with Crippen molar-refractivity contribution >= 4 is 118 Å². The number of esters is 2. The number of rotatable bonds is 43. The normalized spacial score (nSPS) is 12.5. The number of methoxy groups -OCH3 is 2. The number of pyridine rings is 2. The Labute approximate surface area is 602 Å². The molecule has 0 saturated carbocycles. The molecule has 0 radical (unpaired) electrons. The molecule has 4 aromatic rings. The number of unbranched alkanes of at least 4 members (excludes halogenated alkanes) is 2. The SMILES string of the molecule is COC(=O)CC(NC(=O)C(COCCOCCNC(=O)CCC(=O)NCCOCCOCC(NC(=O)CCCCN(C(=O)OC(C)(C)C)c1ccccn1)C(=O)NC(CC(=O)OC)c1cc(Cl)cc(Cl)c1)NC(=O)CCCCN(C(=O)OC(C)(C)C)c1ccccn1)c1cc(Cl)cc(Cl)c1. The topological polar surface area (TPSA) is 349 Å². The Morgan fingerprint density at radius 1 is 0.450 bits per heavy atom. The summed E-state index contributed by atoms with van der Waals surface area (Å²) in [7, 11) is 2.40. The highest BCUT2D eigenvalue weighted by Crippen LogP contribution is 2.28. The fraction of sp³-hybridized carbons (Fsp3) is 0.529. The van der Waals surface area contributed by atoms with Crippen LogP contribution < -0.4 is 41.7 Å². The van der Waals surface area contributed by atoms with Crippen LogP contribution in [0, 0.1) is 0 Å². The van der Waals surface area contributed by atoms with E-state index in [1.54, 1.807) is 90.3 Å². The Morgan fingerprint density at radius 3 is 1.14 bits per heavy atom. The number of nitrogens with zero attached hydrogens (tertiary/aromatic N) is 4. The Bertz CT molecular complexity index is 3020. The highest BCUT2D eigenvalue weighted by Gasteiger charge is 2.31. The second kappa shape index (κ2) is 45.0. The molecule has 0 saturated heterocycles. The van der Waals surface area contributed by atoms with E-state index >= 15 is 0 Å². The van der Waals surface area contributed by atoms with Gasteiger partial charge in [0.2, 0.25) is 35.4 Å². The van der Waals surface area contributed by atoms with Crippen LogP contribution in [0.1, 0.15) is 129 Å². The molecule has 2 heterocycles. The number of aromatic nitrogens is 2. The molecule has 32 heteroatoms. The van der Waals surface area contributed by atoms with Crippen molar-refractivity contribution in [2.24, 2.45) is 0 Å². The molecule has 4 atom stereocenters. The van der Waals surface area contributed by atoms with Gasteiger partial charge in [0.15, 0.2) is 0 Å². The van der Waals surface area contributed by atoms with E-state index in [0.717, 1.165) is 0 Å². The second-order valence-corrected chi connectivity index (χ2v) is 26.2. The van der Waals surface area contributed by atoms with Crippen LogP contribution in [-0.4, -0.2) is 186 Å². The lowest BCUT2D eigenvalue weighted by Crippen LogP contribution is -2.50. The predicted molar refractivity (Wildman–Crippen MR) is 374 cm³/mol. The van der Waals surface area contributed by atoms with E-state index < -0.39 is 94.9 Å². The lowest BCUT2D eigenvalue weighted by molar-refractivity contribution is -0.142. The van der Waals surface area contributed by atoms with Gasteiger partial charge in [-0.05, 0) is 139 Å². The average molecular weight is 1480 g/mol. The zero-order valence-corrected chi connectivity index (χ0v) is 60.6. The largest absolute Gasteiger partial charge is 0.469 e. The Balaban J connectivity index is 1.20. The van der Waals surface area contributed by atoms with E-state index in [2.05, 4.69) is 41.9 Å². The van der Waals surface area contributed by atoms with E-state index in [4.69, 9.17) is 84.3 Å². The summed E-state index contributed by atoms with van der Waals surface area (Å²) >= 11 is 25.1. The third-order valence-corrected chi connectivity index (χ3v) is 14.8. The number of halogens is 4. The van der Waals surface area contributed by atoms with Crippen molar-refractivity contribution in [3.05, 3.63) is 116 Å². The van der Waals surface area contributed by atoms with Crippen LogP contribution in [0.25, 0.3) is 0 Å². The summed E-state index contributed by atoms with van der Waals surface area (Å²) in [6.45, 7) is 10.5. The molecule has 4 rings (SSSR count). The molecule has 0 fully saturated rings. The minimum Gasteiger partial charge on any atom is -0.469 e. The summed E-state index contributed by atoms with van der Waals surface area (Å²) in [5.41, 5.74) is -0.730. The summed E-state index contributed by atoms with van der Waals surface area (Å²) < 4.78 is 43.7. The molecule has 6 N–H and O–H groups in total. The quantitative estimate of drug-likeness (QED) is 0.0137. The average Bonchev–Trinajstić information content (AvgIpc) is 0.866. The predicted octanol–water partition coefficient (Wildman–Crippen LogP) is 8.50. The number of hydrogen-bond donors (Lipinski definition) is 6. The van der Waals surface area contributed by atoms with Gasteiger partial charge < -0.3 is 69.8 Å². The monoisotopic (exact) mass is 1480 g/mol. The maximum absolute atomic E-state index is 13.9. The Hall–Kier alpha value is -7.96. The molecular formula is C68H92Cl4N10O18. The number of nitrogens with one attached hydrogen (secondary N) is 6. The minimum atomic E-state index is -1.26. The fourth-order valence-electron chi connectivity index (χ4n) is 9.14. The van der Waals surface area contributed by atoms with Crippen molar-refractivity contribution in [3.8, 4) is 0 Å².